The van der Waals surface area contributed by atoms with Crippen LogP contribution in [-0.2, 0) is 9.53 Å². The number of nitrogens with one attached hydrogen (secondary N) is 1. The van der Waals surface area contributed by atoms with Gasteiger partial charge >= 0.3 is 5.97 Å². The second-order valence-corrected chi connectivity index (χ2v) is 5.26. The number of esters is 1. The Morgan fingerprint density at radius 2 is 2.35 bits per heavy atom. The van der Waals surface area contributed by atoms with E-state index in [2.05, 4.69) is 29.6 Å². The fourth-order valence-corrected chi connectivity index (χ4v) is 3.23. The van der Waals surface area contributed by atoms with E-state index in [4.69, 9.17) is 4.74 Å². The van der Waals surface area contributed by atoms with Gasteiger partial charge in [0.25, 0.3) is 0 Å². The Balaban J connectivity index is 1.92. The summed E-state index contributed by atoms with van der Waals surface area (Å²) in [5.41, 5.74) is 1.39. The smallest absolute Gasteiger partial charge is 0.322 e. The molecule has 1 aromatic carbocycles. The lowest BCUT2D eigenvalue weighted by Gasteiger charge is -2.15. The van der Waals surface area contributed by atoms with Crippen LogP contribution in [0, 0.1) is 0 Å². The number of carbonyl (C=O) groups is 1. The summed E-state index contributed by atoms with van der Waals surface area (Å²) in [4.78, 5) is 12.6. The minimum Gasteiger partial charge on any atom is -0.468 e. The topological polar surface area (TPSA) is 38.3 Å². The average molecular weight is 251 g/mol. The molecule has 1 aromatic rings. The molecule has 0 amide bonds. The quantitative estimate of drug-likeness (QED) is 0.831. The van der Waals surface area contributed by atoms with Gasteiger partial charge in [0.2, 0.25) is 0 Å². The number of ether oxygens (including phenoxy) is 1. The predicted octanol–water partition coefficient (Wildman–Crippen LogP) is 2.03. The van der Waals surface area contributed by atoms with Crippen molar-refractivity contribution in [1.82, 2.24) is 5.32 Å². The second-order valence-electron chi connectivity index (χ2n) is 4.20. The van der Waals surface area contributed by atoms with E-state index < -0.39 is 0 Å². The van der Waals surface area contributed by atoms with Gasteiger partial charge in [-0.2, -0.15) is 0 Å². The maximum atomic E-state index is 11.3. The summed E-state index contributed by atoms with van der Waals surface area (Å²) in [6.45, 7) is 2.65. The van der Waals surface area contributed by atoms with Gasteiger partial charge in [0.15, 0.2) is 0 Å². The third-order valence-corrected chi connectivity index (χ3v) is 4.28. The van der Waals surface area contributed by atoms with Gasteiger partial charge in [-0.25, -0.2) is 0 Å². The van der Waals surface area contributed by atoms with Gasteiger partial charge in [0, 0.05) is 23.1 Å². The molecule has 2 unspecified atom stereocenters. The predicted molar refractivity (Wildman–Crippen MR) is 69.4 cm³/mol. The summed E-state index contributed by atoms with van der Waals surface area (Å²) < 4.78 is 4.69. The summed E-state index contributed by atoms with van der Waals surface area (Å²) in [5.74, 6) is 1.37. The number of carbonyl (C=O) groups excluding carboxylic acids is 1. The molecule has 0 aromatic heterocycles. The van der Waals surface area contributed by atoms with Crippen molar-refractivity contribution in [2.45, 2.75) is 23.8 Å². The van der Waals surface area contributed by atoms with Gasteiger partial charge in [-0.15, -0.1) is 11.8 Å². The Kier molecular flexibility index (Phi) is 4.07. The van der Waals surface area contributed by atoms with Crippen LogP contribution in [0.15, 0.2) is 29.2 Å². The van der Waals surface area contributed by atoms with Crippen LogP contribution in [0.1, 0.15) is 18.4 Å². The molecule has 1 aliphatic heterocycles. The van der Waals surface area contributed by atoms with Crippen molar-refractivity contribution in [2.75, 3.05) is 19.4 Å². The first-order chi connectivity index (χ1) is 8.22. The van der Waals surface area contributed by atoms with Gasteiger partial charge < -0.3 is 10.1 Å². The van der Waals surface area contributed by atoms with Crippen molar-refractivity contribution in [3.05, 3.63) is 29.8 Å². The standard InChI is InChI=1S/C13H17NO2S/c1-9(13(15)16-2)14-7-10-8-17-12-6-4-3-5-11(10)12/h3-6,9-10,14H,7-8H2,1-2H3. The normalized spacial score (nSPS) is 19.8. The molecule has 0 saturated carbocycles. The van der Waals surface area contributed by atoms with E-state index >= 15 is 0 Å². The van der Waals surface area contributed by atoms with Gasteiger partial charge in [-0.3, -0.25) is 4.79 Å². The van der Waals surface area contributed by atoms with Crippen LogP contribution >= 0.6 is 11.8 Å². The number of methoxy groups -OCH3 is 1. The first-order valence-corrected chi connectivity index (χ1v) is 6.74. The summed E-state index contributed by atoms with van der Waals surface area (Å²) in [5, 5.41) is 3.23. The molecule has 0 spiro atoms. The molecular formula is C13H17NO2S. The molecule has 0 saturated heterocycles. The Morgan fingerprint density at radius 1 is 1.59 bits per heavy atom. The van der Waals surface area contributed by atoms with Crippen LogP contribution in [0.4, 0.5) is 0 Å². The molecule has 2 atom stereocenters. The molecule has 4 heteroatoms. The molecule has 1 heterocycles. The zero-order chi connectivity index (χ0) is 12.3. The van der Waals surface area contributed by atoms with Crippen molar-refractivity contribution < 1.29 is 9.53 Å². The number of hydrogen-bond acceptors (Lipinski definition) is 4. The molecule has 1 N–H and O–H groups in total. The fourth-order valence-electron chi connectivity index (χ4n) is 1.98. The number of rotatable bonds is 4. The van der Waals surface area contributed by atoms with E-state index in [1.807, 2.05) is 18.7 Å². The highest BCUT2D eigenvalue weighted by Crippen LogP contribution is 2.38. The highest BCUT2D eigenvalue weighted by Gasteiger charge is 2.23. The van der Waals surface area contributed by atoms with E-state index in [0.29, 0.717) is 5.92 Å². The Labute approximate surface area is 106 Å². The highest BCUT2D eigenvalue weighted by molar-refractivity contribution is 7.99. The molecule has 0 radical (unpaired) electrons. The molecule has 17 heavy (non-hydrogen) atoms. The monoisotopic (exact) mass is 251 g/mol. The number of benzene rings is 1. The van der Waals surface area contributed by atoms with Crippen LogP contribution < -0.4 is 5.32 Å². The third-order valence-electron chi connectivity index (χ3n) is 3.02. The molecule has 3 nitrogen and oxygen atoms in total. The van der Waals surface area contributed by atoms with Crippen molar-refractivity contribution in [1.29, 1.82) is 0 Å². The van der Waals surface area contributed by atoms with E-state index in [9.17, 15) is 4.79 Å². The zero-order valence-electron chi connectivity index (χ0n) is 10.1. The van der Waals surface area contributed by atoms with Crippen molar-refractivity contribution in [3.63, 3.8) is 0 Å². The zero-order valence-corrected chi connectivity index (χ0v) is 10.9. The van der Waals surface area contributed by atoms with Crippen LogP contribution in [0.2, 0.25) is 0 Å². The van der Waals surface area contributed by atoms with Crippen LogP contribution in [0.5, 0.6) is 0 Å². The lowest BCUT2D eigenvalue weighted by molar-refractivity contribution is -0.142. The summed E-state index contributed by atoms with van der Waals surface area (Å²) >= 11 is 1.89. The largest absolute Gasteiger partial charge is 0.468 e. The Bertz CT molecular complexity index is 408. The molecule has 0 aliphatic carbocycles. The molecule has 0 fully saturated rings. The Hall–Kier alpha value is -1.00. The van der Waals surface area contributed by atoms with Gasteiger partial charge in [-0.05, 0) is 18.6 Å². The maximum Gasteiger partial charge on any atom is 0.322 e. The summed E-state index contributed by atoms with van der Waals surface area (Å²) in [6, 6.07) is 8.23. The minimum atomic E-state index is -0.238. The van der Waals surface area contributed by atoms with Crippen molar-refractivity contribution in [3.8, 4) is 0 Å². The molecule has 0 bridgehead atoms. The summed E-state index contributed by atoms with van der Waals surface area (Å²) in [6.07, 6.45) is 0. The van der Waals surface area contributed by atoms with Gasteiger partial charge in [0.05, 0.1) is 7.11 Å². The van der Waals surface area contributed by atoms with Gasteiger partial charge in [-0.1, -0.05) is 18.2 Å². The van der Waals surface area contributed by atoms with Crippen LogP contribution in [-0.4, -0.2) is 31.4 Å². The molecular weight excluding hydrogens is 234 g/mol. The number of thioether (sulfide) groups is 1. The fraction of sp³-hybridized carbons (Fsp3) is 0.462. The first kappa shape index (κ1) is 12.5. The summed E-state index contributed by atoms with van der Waals surface area (Å²) in [7, 11) is 1.42. The van der Waals surface area contributed by atoms with E-state index in [-0.39, 0.29) is 12.0 Å². The molecule has 2 rings (SSSR count). The van der Waals surface area contributed by atoms with Gasteiger partial charge in [0.1, 0.15) is 6.04 Å². The lowest BCUT2D eigenvalue weighted by Crippen LogP contribution is -2.37. The van der Waals surface area contributed by atoms with Crippen LogP contribution in [0.25, 0.3) is 0 Å². The number of fused-ring (bicyclic) bond motifs is 1. The molecule has 92 valence electrons. The first-order valence-electron chi connectivity index (χ1n) is 5.75. The SMILES string of the molecule is COC(=O)C(C)NCC1CSc2ccccc21. The highest BCUT2D eigenvalue weighted by atomic mass is 32.2. The van der Waals surface area contributed by atoms with Crippen LogP contribution in [0.3, 0.4) is 0 Å². The van der Waals surface area contributed by atoms with E-state index in [1.165, 1.54) is 17.6 Å². The second kappa shape index (κ2) is 5.56. The lowest BCUT2D eigenvalue weighted by atomic mass is 10.0. The van der Waals surface area contributed by atoms with Crippen molar-refractivity contribution >= 4 is 17.7 Å². The number of hydrogen-bond donors (Lipinski definition) is 1. The third kappa shape index (κ3) is 2.82. The van der Waals surface area contributed by atoms with E-state index in [1.54, 1.807) is 0 Å². The average Bonchev–Trinajstić information content (AvgIpc) is 2.78. The minimum absolute atomic E-state index is 0.205. The van der Waals surface area contributed by atoms with E-state index in [0.717, 1.165) is 12.3 Å². The molecule has 1 aliphatic rings. The maximum absolute atomic E-state index is 11.3. The van der Waals surface area contributed by atoms with Crippen molar-refractivity contribution in [2.24, 2.45) is 0 Å². The Morgan fingerprint density at radius 3 is 3.12 bits per heavy atom.